The molecule has 3 N–H and O–H groups in total. The fourth-order valence-corrected chi connectivity index (χ4v) is 1.93. The number of aryl methyl sites for hydroxylation is 1. The molecule has 88 valence electrons. The van der Waals surface area contributed by atoms with Gasteiger partial charge in [0.1, 0.15) is 5.82 Å². The van der Waals surface area contributed by atoms with E-state index >= 15 is 0 Å². The zero-order chi connectivity index (χ0) is 11.7. The summed E-state index contributed by atoms with van der Waals surface area (Å²) in [6, 6.07) is 3.59. The van der Waals surface area contributed by atoms with Gasteiger partial charge in [-0.25, -0.2) is 4.98 Å². The lowest BCUT2D eigenvalue weighted by atomic mass is 10.2. The van der Waals surface area contributed by atoms with E-state index in [1.807, 2.05) is 17.9 Å². The van der Waals surface area contributed by atoms with Crippen LogP contribution in [0.1, 0.15) is 11.3 Å². The van der Waals surface area contributed by atoms with Crippen molar-refractivity contribution in [1.29, 1.82) is 0 Å². The van der Waals surface area contributed by atoms with Crippen molar-refractivity contribution in [2.24, 2.45) is 0 Å². The molecule has 1 fully saturated rings. The van der Waals surface area contributed by atoms with Crippen LogP contribution in [-0.4, -0.2) is 45.6 Å². The van der Waals surface area contributed by atoms with E-state index in [-0.39, 0.29) is 6.61 Å². The quantitative estimate of drug-likeness (QED) is 0.627. The standard InChI is InChI=1S/C11H16N2O3/c1-7-2-8(6-14)3-11(12-7)13-4-9(15)10(16)5-13/h2-3,9-10,14-16H,4-6H2,1H3. The molecule has 2 rings (SSSR count). The number of hydrogen-bond donors (Lipinski definition) is 3. The van der Waals surface area contributed by atoms with Gasteiger partial charge in [0.15, 0.2) is 0 Å². The molecule has 1 saturated heterocycles. The largest absolute Gasteiger partial charge is 0.392 e. The fourth-order valence-electron chi connectivity index (χ4n) is 1.93. The first-order valence-corrected chi connectivity index (χ1v) is 5.29. The molecule has 16 heavy (non-hydrogen) atoms. The Balaban J connectivity index is 2.24. The number of aliphatic hydroxyl groups excluding tert-OH is 3. The maximum absolute atomic E-state index is 9.46. The van der Waals surface area contributed by atoms with E-state index in [0.717, 1.165) is 11.3 Å². The predicted molar refractivity (Wildman–Crippen MR) is 59.1 cm³/mol. The van der Waals surface area contributed by atoms with Crippen LogP contribution < -0.4 is 4.90 Å². The zero-order valence-corrected chi connectivity index (χ0v) is 9.17. The first-order chi connectivity index (χ1) is 7.60. The van der Waals surface area contributed by atoms with Gasteiger partial charge < -0.3 is 20.2 Å². The van der Waals surface area contributed by atoms with Crippen LogP contribution in [0.15, 0.2) is 12.1 Å². The molecule has 0 spiro atoms. The lowest BCUT2D eigenvalue weighted by Crippen LogP contribution is -2.22. The maximum atomic E-state index is 9.46. The Kier molecular flexibility index (Phi) is 3.09. The molecule has 2 atom stereocenters. The van der Waals surface area contributed by atoms with Gasteiger partial charge in [0.05, 0.1) is 18.8 Å². The minimum absolute atomic E-state index is 0.0324. The minimum atomic E-state index is -0.722. The van der Waals surface area contributed by atoms with E-state index in [2.05, 4.69) is 4.98 Å². The number of hydrogen-bond acceptors (Lipinski definition) is 5. The Morgan fingerprint density at radius 2 is 1.94 bits per heavy atom. The molecule has 2 unspecified atom stereocenters. The number of aromatic nitrogens is 1. The number of pyridine rings is 1. The van der Waals surface area contributed by atoms with Crippen molar-refractivity contribution in [2.45, 2.75) is 25.7 Å². The Hall–Kier alpha value is -1.17. The number of rotatable bonds is 2. The molecule has 2 heterocycles. The van der Waals surface area contributed by atoms with Crippen molar-refractivity contribution < 1.29 is 15.3 Å². The van der Waals surface area contributed by atoms with Crippen LogP contribution in [0.25, 0.3) is 0 Å². The van der Waals surface area contributed by atoms with Gasteiger partial charge in [-0.15, -0.1) is 0 Å². The third-order valence-electron chi connectivity index (χ3n) is 2.77. The summed E-state index contributed by atoms with van der Waals surface area (Å²) in [5, 5.41) is 28.0. The molecule has 0 aliphatic carbocycles. The highest BCUT2D eigenvalue weighted by molar-refractivity contribution is 5.44. The summed E-state index contributed by atoms with van der Waals surface area (Å²) in [6.07, 6.45) is -1.44. The van der Waals surface area contributed by atoms with Gasteiger partial charge in [-0.3, -0.25) is 0 Å². The number of aliphatic hydroxyl groups is 3. The van der Waals surface area contributed by atoms with Gasteiger partial charge in [-0.1, -0.05) is 0 Å². The van der Waals surface area contributed by atoms with Crippen LogP contribution in [0.3, 0.4) is 0 Å². The van der Waals surface area contributed by atoms with E-state index in [4.69, 9.17) is 5.11 Å². The van der Waals surface area contributed by atoms with Crippen LogP contribution in [0.5, 0.6) is 0 Å². The second-order valence-electron chi connectivity index (χ2n) is 4.17. The summed E-state index contributed by atoms with van der Waals surface area (Å²) in [5.41, 5.74) is 1.61. The summed E-state index contributed by atoms with van der Waals surface area (Å²) >= 11 is 0. The van der Waals surface area contributed by atoms with Crippen molar-refractivity contribution in [3.05, 3.63) is 23.4 Å². The molecule has 1 aromatic rings. The van der Waals surface area contributed by atoms with E-state index in [1.165, 1.54) is 0 Å². The van der Waals surface area contributed by atoms with Gasteiger partial charge in [0.2, 0.25) is 0 Å². The average Bonchev–Trinajstić information content (AvgIpc) is 2.58. The molecule has 1 aliphatic heterocycles. The van der Waals surface area contributed by atoms with Gasteiger partial charge >= 0.3 is 0 Å². The monoisotopic (exact) mass is 224 g/mol. The zero-order valence-electron chi connectivity index (χ0n) is 9.17. The summed E-state index contributed by atoms with van der Waals surface area (Å²) in [6.45, 7) is 2.58. The van der Waals surface area contributed by atoms with Gasteiger partial charge in [0, 0.05) is 18.8 Å². The lowest BCUT2D eigenvalue weighted by Gasteiger charge is -2.17. The number of nitrogens with zero attached hydrogens (tertiary/aromatic N) is 2. The summed E-state index contributed by atoms with van der Waals surface area (Å²) < 4.78 is 0. The van der Waals surface area contributed by atoms with Crippen LogP contribution in [0.4, 0.5) is 5.82 Å². The van der Waals surface area contributed by atoms with Crippen molar-refractivity contribution >= 4 is 5.82 Å². The molecule has 5 nitrogen and oxygen atoms in total. The van der Waals surface area contributed by atoms with E-state index < -0.39 is 12.2 Å². The van der Waals surface area contributed by atoms with Crippen LogP contribution in [-0.2, 0) is 6.61 Å². The predicted octanol–water partition coefficient (Wildman–Crippen LogP) is -0.576. The third kappa shape index (κ3) is 2.16. The minimum Gasteiger partial charge on any atom is -0.392 e. The van der Waals surface area contributed by atoms with Crippen molar-refractivity contribution in [3.63, 3.8) is 0 Å². The first kappa shape index (κ1) is 11.3. The molecule has 0 radical (unpaired) electrons. The van der Waals surface area contributed by atoms with Crippen molar-refractivity contribution in [3.8, 4) is 0 Å². The van der Waals surface area contributed by atoms with E-state index in [1.54, 1.807) is 6.07 Å². The summed E-state index contributed by atoms with van der Waals surface area (Å²) in [7, 11) is 0. The highest BCUT2D eigenvalue weighted by Gasteiger charge is 2.30. The fraction of sp³-hybridized carbons (Fsp3) is 0.545. The highest BCUT2D eigenvalue weighted by atomic mass is 16.3. The van der Waals surface area contributed by atoms with Gasteiger partial charge in [-0.05, 0) is 24.6 Å². The van der Waals surface area contributed by atoms with E-state index in [0.29, 0.717) is 18.9 Å². The molecule has 0 amide bonds. The van der Waals surface area contributed by atoms with Crippen molar-refractivity contribution in [2.75, 3.05) is 18.0 Å². The molecule has 1 aliphatic rings. The van der Waals surface area contributed by atoms with Gasteiger partial charge in [0.25, 0.3) is 0 Å². The first-order valence-electron chi connectivity index (χ1n) is 5.29. The second kappa shape index (κ2) is 4.37. The summed E-state index contributed by atoms with van der Waals surface area (Å²) in [5.74, 6) is 0.694. The van der Waals surface area contributed by atoms with Crippen LogP contribution in [0.2, 0.25) is 0 Å². The average molecular weight is 224 g/mol. The van der Waals surface area contributed by atoms with Gasteiger partial charge in [-0.2, -0.15) is 0 Å². The smallest absolute Gasteiger partial charge is 0.129 e. The molecule has 0 aromatic carbocycles. The van der Waals surface area contributed by atoms with E-state index in [9.17, 15) is 10.2 Å². The Labute approximate surface area is 94.0 Å². The lowest BCUT2D eigenvalue weighted by molar-refractivity contribution is 0.0572. The number of anilines is 1. The van der Waals surface area contributed by atoms with Crippen molar-refractivity contribution in [1.82, 2.24) is 4.98 Å². The Morgan fingerprint density at radius 1 is 1.31 bits per heavy atom. The molecule has 0 saturated carbocycles. The molecule has 1 aromatic heterocycles. The normalized spacial score (nSPS) is 25.1. The third-order valence-corrected chi connectivity index (χ3v) is 2.77. The Morgan fingerprint density at radius 3 is 2.50 bits per heavy atom. The molecule has 5 heteroatoms. The molecule has 0 bridgehead atoms. The summed E-state index contributed by atoms with van der Waals surface area (Å²) in [4.78, 5) is 6.15. The number of β-amino-alcohol motifs (C(OH)–C–C–N with tert-alkyl or cyclic N) is 2. The van der Waals surface area contributed by atoms with Crippen LogP contribution in [0, 0.1) is 6.92 Å². The second-order valence-corrected chi connectivity index (χ2v) is 4.17. The SMILES string of the molecule is Cc1cc(CO)cc(N2CC(O)C(O)C2)n1. The highest BCUT2D eigenvalue weighted by Crippen LogP contribution is 2.20. The molecular weight excluding hydrogens is 208 g/mol. The maximum Gasteiger partial charge on any atom is 0.129 e. The van der Waals surface area contributed by atoms with Crippen LogP contribution >= 0.6 is 0 Å². The topological polar surface area (TPSA) is 76.8 Å². The Bertz CT molecular complexity index is 373. The molecular formula is C11H16N2O3.